The molecule has 0 aliphatic carbocycles. The third kappa shape index (κ3) is 3.31. The van der Waals surface area contributed by atoms with E-state index in [0.717, 1.165) is 11.3 Å². The summed E-state index contributed by atoms with van der Waals surface area (Å²) in [4.78, 5) is 12.5. The first kappa shape index (κ1) is 14.9. The number of benzene rings is 1. The van der Waals surface area contributed by atoms with Crippen LogP contribution in [0.25, 0.3) is 0 Å². The highest BCUT2D eigenvalue weighted by molar-refractivity contribution is 5.85. The van der Waals surface area contributed by atoms with Gasteiger partial charge in [-0.2, -0.15) is 0 Å². The highest BCUT2D eigenvalue weighted by atomic mass is 16.5. The number of hydrogen-bond donors (Lipinski definition) is 2. The van der Waals surface area contributed by atoms with E-state index in [4.69, 9.17) is 9.84 Å². The molecule has 2 atom stereocenters. The molecule has 0 saturated carbocycles. The Balaban J connectivity index is 2.10. The zero-order valence-electron chi connectivity index (χ0n) is 12.1. The minimum absolute atomic E-state index is 0.0162. The van der Waals surface area contributed by atoms with E-state index < -0.39 is 0 Å². The molecule has 1 aliphatic rings. The molecule has 2 N–H and O–H groups in total. The van der Waals surface area contributed by atoms with Crippen LogP contribution in [0.3, 0.4) is 0 Å². The van der Waals surface area contributed by atoms with Crippen molar-refractivity contribution in [1.82, 2.24) is 5.32 Å². The van der Waals surface area contributed by atoms with Gasteiger partial charge in [-0.3, -0.25) is 4.79 Å². The van der Waals surface area contributed by atoms with Crippen molar-refractivity contribution in [3.8, 4) is 5.75 Å². The van der Waals surface area contributed by atoms with Gasteiger partial charge in [0.1, 0.15) is 5.75 Å². The van der Waals surface area contributed by atoms with Crippen LogP contribution in [-0.4, -0.2) is 30.3 Å². The number of aliphatic hydroxyl groups is 1. The molecule has 1 amide bonds. The van der Waals surface area contributed by atoms with E-state index in [-0.39, 0.29) is 24.5 Å². The SMILES string of the molecule is CC(C)C(CCO)NC(=O)C1CCOc2ccccc21. The zero-order chi connectivity index (χ0) is 14.5. The van der Waals surface area contributed by atoms with Crippen LogP contribution in [0.4, 0.5) is 0 Å². The van der Waals surface area contributed by atoms with Crippen molar-refractivity contribution in [2.75, 3.05) is 13.2 Å². The standard InChI is InChI=1S/C16H23NO3/c1-11(2)14(7-9-18)17-16(19)13-8-10-20-15-6-4-3-5-12(13)15/h3-6,11,13-14,18H,7-10H2,1-2H3,(H,17,19). The molecule has 20 heavy (non-hydrogen) atoms. The third-order valence-electron chi connectivity index (χ3n) is 3.85. The molecule has 4 heteroatoms. The van der Waals surface area contributed by atoms with Gasteiger partial charge < -0.3 is 15.2 Å². The van der Waals surface area contributed by atoms with Crippen LogP contribution in [0.2, 0.25) is 0 Å². The Morgan fingerprint density at radius 2 is 2.20 bits per heavy atom. The summed E-state index contributed by atoms with van der Waals surface area (Å²) in [6.45, 7) is 4.77. The van der Waals surface area contributed by atoms with Gasteiger partial charge in [-0.25, -0.2) is 0 Å². The normalized spacial score (nSPS) is 19.1. The van der Waals surface area contributed by atoms with Gasteiger partial charge in [0.15, 0.2) is 0 Å². The van der Waals surface area contributed by atoms with Crippen LogP contribution in [0, 0.1) is 5.92 Å². The monoisotopic (exact) mass is 277 g/mol. The number of rotatable bonds is 5. The fourth-order valence-electron chi connectivity index (χ4n) is 2.61. The van der Waals surface area contributed by atoms with Crippen LogP contribution in [0.5, 0.6) is 5.75 Å². The van der Waals surface area contributed by atoms with Crippen LogP contribution in [0.1, 0.15) is 38.2 Å². The highest BCUT2D eigenvalue weighted by Gasteiger charge is 2.29. The molecule has 0 bridgehead atoms. The topological polar surface area (TPSA) is 58.6 Å². The quantitative estimate of drug-likeness (QED) is 0.866. The number of fused-ring (bicyclic) bond motifs is 1. The molecule has 0 fully saturated rings. The number of hydrogen-bond acceptors (Lipinski definition) is 3. The first-order chi connectivity index (χ1) is 9.63. The van der Waals surface area contributed by atoms with Crippen molar-refractivity contribution in [3.05, 3.63) is 29.8 Å². The van der Waals surface area contributed by atoms with Crippen LogP contribution in [-0.2, 0) is 4.79 Å². The van der Waals surface area contributed by atoms with Crippen molar-refractivity contribution >= 4 is 5.91 Å². The Hall–Kier alpha value is -1.55. The zero-order valence-corrected chi connectivity index (χ0v) is 12.1. The summed E-state index contributed by atoms with van der Waals surface area (Å²) in [5.74, 6) is 0.996. The summed E-state index contributed by atoms with van der Waals surface area (Å²) in [7, 11) is 0. The Kier molecular flexibility index (Phi) is 5.01. The van der Waals surface area contributed by atoms with Crippen molar-refractivity contribution in [1.29, 1.82) is 0 Å². The largest absolute Gasteiger partial charge is 0.493 e. The molecule has 1 aliphatic heterocycles. The lowest BCUT2D eigenvalue weighted by Crippen LogP contribution is -2.42. The smallest absolute Gasteiger partial charge is 0.228 e. The summed E-state index contributed by atoms with van der Waals surface area (Å²) in [5.41, 5.74) is 0.961. The van der Waals surface area contributed by atoms with E-state index in [0.29, 0.717) is 25.4 Å². The summed E-state index contributed by atoms with van der Waals surface area (Å²) in [6, 6.07) is 7.73. The Morgan fingerprint density at radius 1 is 1.45 bits per heavy atom. The lowest BCUT2D eigenvalue weighted by molar-refractivity contribution is -0.124. The summed E-state index contributed by atoms with van der Waals surface area (Å²) < 4.78 is 5.58. The van der Waals surface area contributed by atoms with Gasteiger partial charge in [-0.05, 0) is 24.8 Å². The average molecular weight is 277 g/mol. The molecular weight excluding hydrogens is 254 g/mol. The van der Waals surface area contributed by atoms with E-state index >= 15 is 0 Å². The summed E-state index contributed by atoms with van der Waals surface area (Å²) in [6.07, 6.45) is 1.29. The number of carbonyl (C=O) groups is 1. The molecule has 0 aromatic heterocycles. The number of amides is 1. The number of aliphatic hydroxyl groups excluding tert-OH is 1. The molecule has 1 heterocycles. The minimum atomic E-state index is -0.153. The Labute approximate surface area is 120 Å². The average Bonchev–Trinajstić information content (AvgIpc) is 2.46. The van der Waals surface area contributed by atoms with Crippen molar-refractivity contribution in [3.63, 3.8) is 0 Å². The number of nitrogens with one attached hydrogen (secondary N) is 1. The molecule has 110 valence electrons. The molecule has 0 radical (unpaired) electrons. The van der Waals surface area contributed by atoms with Gasteiger partial charge in [-0.15, -0.1) is 0 Å². The lowest BCUT2D eigenvalue weighted by Gasteiger charge is -2.28. The first-order valence-electron chi connectivity index (χ1n) is 7.26. The number of ether oxygens (including phenoxy) is 1. The maximum atomic E-state index is 12.5. The second-order valence-electron chi connectivity index (χ2n) is 5.60. The summed E-state index contributed by atoms with van der Waals surface area (Å²) in [5, 5.41) is 12.2. The Morgan fingerprint density at radius 3 is 2.90 bits per heavy atom. The fourth-order valence-corrected chi connectivity index (χ4v) is 2.61. The van der Waals surface area contributed by atoms with Gasteiger partial charge in [0, 0.05) is 18.2 Å². The van der Waals surface area contributed by atoms with Crippen molar-refractivity contribution < 1.29 is 14.6 Å². The summed E-state index contributed by atoms with van der Waals surface area (Å²) >= 11 is 0. The van der Waals surface area contributed by atoms with Gasteiger partial charge in [0.25, 0.3) is 0 Å². The van der Waals surface area contributed by atoms with Gasteiger partial charge >= 0.3 is 0 Å². The predicted molar refractivity (Wildman–Crippen MR) is 77.8 cm³/mol. The Bertz CT molecular complexity index is 459. The fraction of sp³-hybridized carbons (Fsp3) is 0.562. The molecule has 4 nitrogen and oxygen atoms in total. The van der Waals surface area contributed by atoms with Gasteiger partial charge in [0.05, 0.1) is 12.5 Å². The predicted octanol–water partition coefficient (Wildman–Crippen LogP) is 2.08. The molecule has 2 rings (SSSR count). The lowest BCUT2D eigenvalue weighted by atomic mass is 9.91. The molecular formula is C16H23NO3. The minimum Gasteiger partial charge on any atom is -0.493 e. The van der Waals surface area contributed by atoms with Crippen molar-refractivity contribution in [2.45, 2.75) is 38.6 Å². The van der Waals surface area contributed by atoms with E-state index in [1.807, 2.05) is 24.3 Å². The van der Waals surface area contributed by atoms with E-state index in [1.54, 1.807) is 0 Å². The third-order valence-corrected chi connectivity index (χ3v) is 3.85. The van der Waals surface area contributed by atoms with Crippen molar-refractivity contribution in [2.24, 2.45) is 5.92 Å². The van der Waals surface area contributed by atoms with Crippen LogP contribution in [0.15, 0.2) is 24.3 Å². The highest BCUT2D eigenvalue weighted by Crippen LogP contribution is 2.33. The maximum absolute atomic E-state index is 12.5. The van der Waals surface area contributed by atoms with E-state index in [9.17, 15) is 4.79 Å². The molecule has 0 saturated heterocycles. The van der Waals surface area contributed by atoms with E-state index in [1.165, 1.54) is 0 Å². The molecule has 1 aromatic rings. The second-order valence-corrected chi connectivity index (χ2v) is 5.60. The molecule has 0 spiro atoms. The van der Waals surface area contributed by atoms with Gasteiger partial charge in [-0.1, -0.05) is 32.0 Å². The van der Waals surface area contributed by atoms with E-state index in [2.05, 4.69) is 19.2 Å². The number of para-hydroxylation sites is 1. The van der Waals surface area contributed by atoms with Gasteiger partial charge in [0.2, 0.25) is 5.91 Å². The number of carbonyl (C=O) groups excluding carboxylic acids is 1. The molecule has 2 unspecified atom stereocenters. The molecule has 1 aromatic carbocycles. The van der Waals surface area contributed by atoms with Crippen LogP contribution >= 0.6 is 0 Å². The first-order valence-corrected chi connectivity index (χ1v) is 7.26. The second kappa shape index (κ2) is 6.75. The maximum Gasteiger partial charge on any atom is 0.228 e. The van der Waals surface area contributed by atoms with Crippen LogP contribution < -0.4 is 10.1 Å².